The number of methoxy groups -OCH3 is 1. The van der Waals surface area contributed by atoms with Crippen LogP contribution in [0.4, 0.5) is 5.00 Å². The van der Waals surface area contributed by atoms with Crippen LogP contribution in [0.2, 0.25) is 0 Å². The van der Waals surface area contributed by atoms with Crippen LogP contribution in [0.1, 0.15) is 26.4 Å². The van der Waals surface area contributed by atoms with Gasteiger partial charge in [-0.3, -0.25) is 4.79 Å². The van der Waals surface area contributed by atoms with E-state index in [1.165, 1.54) is 24.5 Å². The Kier molecular flexibility index (Phi) is 6.81. The summed E-state index contributed by atoms with van der Waals surface area (Å²) in [6.07, 6.45) is 3.12. The summed E-state index contributed by atoms with van der Waals surface area (Å²) in [5.74, 6) is -0.0808. The number of thiophene rings is 1. The zero-order chi connectivity index (χ0) is 20.6. The Hall–Kier alpha value is -3.38. The average Bonchev–Trinajstić information content (AvgIpc) is 3.11. The van der Waals surface area contributed by atoms with Gasteiger partial charge in [0.15, 0.2) is 0 Å². The third-order valence-corrected chi connectivity index (χ3v) is 5.00. The largest absolute Gasteiger partial charge is 0.489 e. The normalized spacial score (nSPS) is 10.7. The van der Waals surface area contributed by atoms with Gasteiger partial charge in [0.25, 0.3) is 0 Å². The van der Waals surface area contributed by atoms with Crippen LogP contribution in [0.5, 0.6) is 5.75 Å². The number of aryl methyl sites for hydroxylation is 1. The third-order valence-electron chi connectivity index (χ3n) is 4.03. The molecule has 0 unspecified atom stereocenters. The number of esters is 1. The highest BCUT2D eigenvalue weighted by Gasteiger charge is 2.16. The molecule has 0 spiro atoms. The van der Waals surface area contributed by atoms with Crippen molar-refractivity contribution in [1.82, 2.24) is 0 Å². The minimum Gasteiger partial charge on any atom is -0.489 e. The average molecular weight is 407 g/mol. The van der Waals surface area contributed by atoms with E-state index in [9.17, 15) is 9.59 Å². The zero-order valence-corrected chi connectivity index (χ0v) is 17.0. The maximum atomic E-state index is 12.3. The topological polar surface area (TPSA) is 64.6 Å². The molecular formula is C23H21NO4S. The number of hydrogen-bond acceptors (Lipinski definition) is 5. The van der Waals surface area contributed by atoms with Crippen molar-refractivity contribution >= 4 is 34.3 Å². The van der Waals surface area contributed by atoms with Gasteiger partial charge in [-0.1, -0.05) is 42.5 Å². The molecule has 1 aromatic heterocycles. The zero-order valence-electron chi connectivity index (χ0n) is 16.2. The Morgan fingerprint density at radius 2 is 1.86 bits per heavy atom. The van der Waals surface area contributed by atoms with Gasteiger partial charge in [0, 0.05) is 11.0 Å². The van der Waals surface area contributed by atoms with Gasteiger partial charge in [0.2, 0.25) is 5.91 Å². The summed E-state index contributed by atoms with van der Waals surface area (Å²) < 4.78 is 10.6. The quantitative estimate of drug-likeness (QED) is 0.438. The fraction of sp³-hybridized carbons (Fsp3) is 0.130. The van der Waals surface area contributed by atoms with E-state index < -0.39 is 5.97 Å². The van der Waals surface area contributed by atoms with Crippen LogP contribution in [-0.4, -0.2) is 19.0 Å². The molecule has 5 nitrogen and oxygen atoms in total. The summed E-state index contributed by atoms with van der Waals surface area (Å²) in [5.41, 5.74) is 2.27. The van der Waals surface area contributed by atoms with Gasteiger partial charge in [-0.2, -0.15) is 0 Å². The van der Waals surface area contributed by atoms with Crippen molar-refractivity contribution < 1.29 is 19.1 Å². The number of anilines is 1. The molecular weight excluding hydrogens is 386 g/mol. The predicted molar refractivity (Wildman–Crippen MR) is 115 cm³/mol. The number of carbonyl (C=O) groups excluding carboxylic acids is 2. The van der Waals surface area contributed by atoms with Crippen LogP contribution in [0, 0.1) is 6.92 Å². The first kappa shape index (κ1) is 20.4. The Labute approximate surface area is 173 Å². The molecule has 0 bridgehead atoms. The second-order valence-electron chi connectivity index (χ2n) is 6.26. The molecule has 0 aliphatic carbocycles. The molecule has 0 saturated heterocycles. The highest BCUT2D eigenvalue weighted by atomic mass is 32.1. The first-order valence-corrected chi connectivity index (χ1v) is 9.81. The van der Waals surface area contributed by atoms with E-state index in [-0.39, 0.29) is 5.91 Å². The number of benzene rings is 2. The SMILES string of the molecule is COC(=O)c1cc(C)sc1NC(=O)/C=C/c1cccc(OCc2ccccc2)c1. The van der Waals surface area contributed by atoms with E-state index in [0.29, 0.717) is 17.2 Å². The van der Waals surface area contributed by atoms with Crippen LogP contribution in [0.25, 0.3) is 6.08 Å². The van der Waals surface area contributed by atoms with Gasteiger partial charge in [0.1, 0.15) is 17.4 Å². The number of rotatable bonds is 7. The smallest absolute Gasteiger partial charge is 0.340 e. The molecule has 0 aliphatic heterocycles. The van der Waals surface area contributed by atoms with Gasteiger partial charge >= 0.3 is 5.97 Å². The second kappa shape index (κ2) is 9.71. The molecule has 6 heteroatoms. The van der Waals surface area contributed by atoms with Crippen molar-refractivity contribution in [2.45, 2.75) is 13.5 Å². The standard InChI is InChI=1S/C23H21NO4S/c1-16-13-20(23(26)27-2)22(29-16)24-21(25)12-11-17-9-6-10-19(14-17)28-15-18-7-4-3-5-8-18/h3-14H,15H2,1-2H3,(H,24,25)/b12-11+. The van der Waals surface area contributed by atoms with Gasteiger partial charge < -0.3 is 14.8 Å². The lowest BCUT2D eigenvalue weighted by atomic mass is 10.2. The molecule has 148 valence electrons. The molecule has 0 saturated carbocycles. The van der Waals surface area contributed by atoms with Gasteiger partial charge in [0.05, 0.1) is 12.7 Å². The molecule has 29 heavy (non-hydrogen) atoms. The summed E-state index contributed by atoms with van der Waals surface area (Å²) in [6, 6.07) is 19.1. The molecule has 1 N–H and O–H groups in total. The molecule has 0 fully saturated rings. The van der Waals surface area contributed by atoms with Crippen LogP contribution in [0.3, 0.4) is 0 Å². The number of carbonyl (C=O) groups is 2. The second-order valence-corrected chi connectivity index (χ2v) is 7.52. The minimum atomic E-state index is -0.475. The van der Waals surface area contributed by atoms with Crippen molar-refractivity contribution in [1.29, 1.82) is 0 Å². The first-order valence-electron chi connectivity index (χ1n) is 9.00. The van der Waals surface area contributed by atoms with E-state index in [4.69, 9.17) is 9.47 Å². The van der Waals surface area contributed by atoms with Gasteiger partial charge in [-0.05, 0) is 42.3 Å². The van der Waals surface area contributed by atoms with Crippen LogP contribution in [0.15, 0.2) is 66.7 Å². The fourth-order valence-electron chi connectivity index (χ4n) is 2.64. The summed E-state index contributed by atoms with van der Waals surface area (Å²) in [7, 11) is 1.31. The maximum Gasteiger partial charge on any atom is 0.340 e. The molecule has 3 aromatic rings. The molecule has 1 heterocycles. The van der Waals surface area contributed by atoms with Crippen molar-refractivity contribution in [3.63, 3.8) is 0 Å². The van der Waals surface area contributed by atoms with Crippen molar-refractivity contribution in [3.8, 4) is 5.75 Å². The number of nitrogens with one attached hydrogen (secondary N) is 1. The Balaban J connectivity index is 1.62. The van der Waals surface area contributed by atoms with E-state index in [1.54, 1.807) is 12.1 Å². The van der Waals surface area contributed by atoms with E-state index in [2.05, 4.69) is 5.32 Å². The summed E-state index contributed by atoms with van der Waals surface area (Å²) in [5, 5.41) is 3.21. The summed E-state index contributed by atoms with van der Waals surface area (Å²) in [4.78, 5) is 25.0. The Morgan fingerprint density at radius 3 is 2.62 bits per heavy atom. The Bertz CT molecular complexity index is 1020. The number of ether oxygens (including phenoxy) is 2. The van der Waals surface area contributed by atoms with Crippen molar-refractivity contribution in [2.24, 2.45) is 0 Å². The van der Waals surface area contributed by atoms with Crippen LogP contribution < -0.4 is 10.1 Å². The molecule has 3 rings (SSSR count). The van der Waals surface area contributed by atoms with E-state index >= 15 is 0 Å². The van der Waals surface area contributed by atoms with Crippen LogP contribution in [-0.2, 0) is 16.1 Å². The fourth-order valence-corrected chi connectivity index (χ4v) is 3.55. The van der Waals surface area contributed by atoms with E-state index in [1.807, 2.05) is 61.5 Å². The highest BCUT2D eigenvalue weighted by Crippen LogP contribution is 2.28. The molecule has 0 atom stereocenters. The number of hydrogen-bond donors (Lipinski definition) is 1. The number of amides is 1. The van der Waals surface area contributed by atoms with Gasteiger partial charge in [-0.25, -0.2) is 4.79 Å². The van der Waals surface area contributed by atoms with Crippen LogP contribution >= 0.6 is 11.3 Å². The molecule has 0 aliphatic rings. The lowest BCUT2D eigenvalue weighted by Gasteiger charge is -2.07. The molecule has 2 aromatic carbocycles. The monoisotopic (exact) mass is 407 g/mol. The summed E-state index contributed by atoms with van der Waals surface area (Å²) in [6.45, 7) is 2.34. The molecule has 0 radical (unpaired) electrons. The minimum absolute atomic E-state index is 0.326. The Morgan fingerprint density at radius 1 is 1.07 bits per heavy atom. The van der Waals surface area contributed by atoms with Gasteiger partial charge in [-0.15, -0.1) is 11.3 Å². The van der Waals surface area contributed by atoms with Crippen molar-refractivity contribution in [3.05, 3.63) is 88.3 Å². The molecule has 1 amide bonds. The summed E-state index contributed by atoms with van der Waals surface area (Å²) >= 11 is 1.33. The van der Waals surface area contributed by atoms with E-state index in [0.717, 1.165) is 21.8 Å². The maximum absolute atomic E-state index is 12.3. The highest BCUT2D eigenvalue weighted by molar-refractivity contribution is 7.16. The lowest BCUT2D eigenvalue weighted by molar-refractivity contribution is -0.111. The third kappa shape index (κ3) is 5.80. The van der Waals surface area contributed by atoms with Crippen molar-refractivity contribution in [2.75, 3.05) is 12.4 Å². The lowest BCUT2D eigenvalue weighted by Crippen LogP contribution is -2.10. The predicted octanol–water partition coefficient (Wildman–Crippen LogP) is 5.07. The first-order chi connectivity index (χ1) is 14.0.